The number of halogens is 3. The zero-order valence-corrected chi connectivity index (χ0v) is 19.6. The van der Waals surface area contributed by atoms with Crippen LogP contribution < -0.4 is 10.1 Å². The molecule has 5 nitrogen and oxygen atoms in total. The number of alkyl halides is 3. The standard InChI is InChI=1S/C27H27F3N2O3/c1-25(2,34)19-6-4-17(5-7-19)21-15-26(32-24(33)22(21)16-31)12-10-18-14-20(8-9-23(18)26)35-13-3-11-27(28,29)30/h4-9,14,34H,3,10-13,15H2,1-2H3,(H,32,33)/t26-/m0/s1. The van der Waals surface area contributed by atoms with Gasteiger partial charge in [-0.1, -0.05) is 30.3 Å². The van der Waals surface area contributed by atoms with Gasteiger partial charge in [-0.25, -0.2) is 0 Å². The van der Waals surface area contributed by atoms with Crippen LogP contribution in [0.1, 0.15) is 61.8 Å². The topological polar surface area (TPSA) is 82.3 Å². The van der Waals surface area contributed by atoms with Crippen molar-refractivity contribution in [3.8, 4) is 11.8 Å². The Morgan fingerprint density at radius 1 is 1.17 bits per heavy atom. The SMILES string of the molecule is CC(C)(O)c1ccc(C2=C(C#N)C(=O)N[C@@]3(CCc4cc(OCCCC(F)(F)F)ccc43)C2)cc1. The molecule has 2 N–H and O–H groups in total. The Morgan fingerprint density at radius 2 is 1.89 bits per heavy atom. The maximum Gasteiger partial charge on any atom is 0.389 e. The number of benzene rings is 2. The predicted octanol–water partition coefficient (Wildman–Crippen LogP) is 5.27. The summed E-state index contributed by atoms with van der Waals surface area (Å²) >= 11 is 0. The summed E-state index contributed by atoms with van der Waals surface area (Å²) in [7, 11) is 0. The summed E-state index contributed by atoms with van der Waals surface area (Å²) in [5, 5.41) is 23.0. The lowest BCUT2D eigenvalue weighted by molar-refractivity contribution is -0.136. The molecule has 0 unspecified atom stereocenters. The fourth-order valence-corrected chi connectivity index (χ4v) is 4.89. The molecular weight excluding hydrogens is 457 g/mol. The molecule has 35 heavy (non-hydrogen) atoms. The van der Waals surface area contributed by atoms with E-state index in [0.29, 0.717) is 30.6 Å². The third-order valence-electron chi connectivity index (χ3n) is 6.70. The van der Waals surface area contributed by atoms with Crippen LogP contribution in [-0.4, -0.2) is 23.8 Å². The van der Waals surface area contributed by atoms with Crippen molar-refractivity contribution in [2.24, 2.45) is 0 Å². The first kappa shape index (κ1) is 24.8. The number of aryl methyl sites for hydroxylation is 1. The number of carbonyl (C=O) groups excluding carboxylic acids is 1. The van der Waals surface area contributed by atoms with Crippen LogP contribution in [0.5, 0.6) is 5.75 Å². The van der Waals surface area contributed by atoms with Gasteiger partial charge in [0.05, 0.1) is 17.7 Å². The van der Waals surface area contributed by atoms with Gasteiger partial charge in [0.25, 0.3) is 5.91 Å². The van der Waals surface area contributed by atoms with Gasteiger partial charge in [-0.2, -0.15) is 18.4 Å². The van der Waals surface area contributed by atoms with Crippen molar-refractivity contribution >= 4 is 11.5 Å². The molecule has 0 bridgehead atoms. The van der Waals surface area contributed by atoms with Gasteiger partial charge in [0.15, 0.2) is 0 Å². The number of amides is 1. The van der Waals surface area contributed by atoms with Crippen LogP contribution in [0.4, 0.5) is 13.2 Å². The minimum Gasteiger partial charge on any atom is -0.494 e. The molecule has 1 aliphatic carbocycles. The van der Waals surface area contributed by atoms with Gasteiger partial charge in [-0.05, 0) is 73.1 Å². The molecule has 1 aliphatic heterocycles. The second-order valence-electron chi connectivity index (χ2n) is 9.70. The lowest BCUT2D eigenvalue weighted by Crippen LogP contribution is -2.48. The van der Waals surface area contributed by atoms with E-state index >= 15 is 0 Å². The minimum absolute atomic E-state index is 0.0285. The van der Waals surface area contributed by atoms with E-state index in [2.05, 4.69) is 5.32 Å². The Morgan fingerprint density at radius 3 is 2.51 bits per heavy atom. The second kappa shape index (κ2) is 9.04. The minimum atomic E-state index is -4.20. The molecule has 0 saturated heterocycles. The van der Waals surface area contributed by atoms with Crippen LogP contribution in [0.25, 0.3) is 5.57 Å². The monoisotopic (exact) mass is 484 g/mol. The largest absolute Gasteiger partial charge is 0.494 e. The maximum absolute atomic E-state index is 13.0. The molecule has 1 spiro atoms. The summed E-state index contributed by atoms with van der Waals surface area (Å²) in [6.45, 7) is 3.35. The van der Waals surface area contributed by atoms with Crippen molar-refractivity contribution < 1.29 is 27.8 Å². The van der Waals surface area contributed by atoms with Gasteiger partial charge in [0.1, 0.15) is 17.4 Å². The highest BCUT2D eigenvalue weighted by atomic mass is 19.4. The molecule has 4 rings (SSSR count). The molecule has 0 radical (unpaired) electrons. The molecule has 1 atom stereocenters. The highest BCUT2D eigenvalue weighted by Crippen LogP contribution is 2.47. The van der Waals surface area contributed by atoms with Crippen molar-refractivity contribution in [2.75, 3.05) is 6.61 Å². The van der Waals surface area contributed by atoms with Crippen molar-refractivity contribution in [1.82, 2.24) is 5.32 Å². The van der Waals surface area contributed by atoms with Crippen LogP contribution in [0.2, 0.25) is 0 Å². The Bertz CT molecular complexity index is 1200. The first-order valence-electron chi connectivity index (χ1n) is 11.5. The number of rotatable bonds is 6. The molecule has 1 amide bonds. The second-order valence-corrected chi connectivity index (χ2v) is 9.70. The number of nitrogens with one attached hydrogen (secondary N) is 1. The van der Waals surface area contributed by atoms with Crippen molar-refractivity contribution in [3.05, 3.63) is 70.3 Å². The lowest BCUT2D eigenvalue weighted by atomic mass is 9.78. The fraction of sp³-hybridized carbons (Fsp3) is 0.407. The van der Waals surface area contributed by atoms with Crippen LogP contribution in [0.3, 0.4) is 0 Å². The number of hydrogen-bond acceptors (Lipinski definition) is 4. The van der Waals surface area contributed by atoms with Crippen LogP contribution in [0.15, 0.2) is 48.0 Å². The lowest BCUT2D eigenvalue weighted by Gasteiger charge is -2.37. The first-order valence-corrected chi connectivity index (χ1v) is 11.5. The number of aliphatic hydroxyl groups is 1. The third-order valence-corrected chi connectivity index (χ3v) is 6.70. The number of carbonyl (C=O) groups is 1. The van der Waals surface area contributed by atoms with Crippen LogP contribution in [0, 0.1) is 11.3 Å². The molecule has 8 heteroatoms. The van der Waals surface area contributed by atoms with E-state index in [1.54, 1.807) is 32.0 Å². The van der Waals surface area contributed by atoms with E-state index < -0.39 is 29.6 Å². The predicted molar refractivity (Wildman–Crippen MR) is 124 cm³/mol. The zero-order chi connectivity index (χ0) is 25.4. The molecule has 184 valence electrons. The van der Waals surface area contributed by atoms with E-state index in [-0.39, 0.29) is 18.6 Å². The average Bonchev–Trinajstić information content (AvgIpc) is 3.12. The summed E-state index contributed by atoms with van der Waals surface area (Å²) in [5.41, 5.74) is 2.42. The fourth-order valence-electron chi connectivity index (χ4n) is 4.89. The highest BCUT2D eigenvalue weighted by Gasteiger charge is 2.45. The van der Waals surface area contributed by atoms with Gasteiger partial charge < -0.3 is 15.2 Å². The summed E-state index contributed by atoms with van der Waals surface area (Å²) in [4.78, 5) is 13.0. The third kappa shape index (κ3) is 5.20. The summed E-state index contributed by atoms with van der Waals surface area (Å²) in [6.07, 6.45) is -3.47. The van der Waals surface area contributed by atoms with Crippen molar-refractivity contribution in [2.45, 2.75) is 63.3 Å². The zero-order valence-electron chi connectivity index (χ0n) is 19.6. The van der Waals surface area contributed by atoms with E-state index in [4.69, 9.17) is 4.74 Å². The van der Waals surface area contributed by atoms with E-state index in [1.807, 2.05) is 30.3 Å². The van der Waals surface area contributed by atoms with Crippen molar-refractivity contribution in [1.29, 1.82) is 5.26 Å². The van der Waals surface area contributed by atoms with Gasteiger partial charge in [-0.15, -0.1) is 0 Å². The Balaban J connectivity index is 1.58. The average molecular weight is 485 g/mol. The Labute approximate surface area is 202 Å². The number of hydrogen-bond donors (Lipinski definition) is 2. The molecule has 0 aromatic heterocycles. The van der Waals surface area contributed by atoms with E-state index in [9.17, 15) is 28.3 Å². The van der Waals surface area contributed by atoms with Gasteiger partial charge in [0, 0.05) is 12.8 Å². The number of nitrogens with zero attached hydrogens (tertiary/aromatic N) is 1. The molecule has 1 heterocycles. The maximum atomic E-state index is 13.0. The summed E-state index contributed by atoms with van der Waals surface area (Å²) < 4.78 is 42.6. The summed E-state index contributed by atoms with van der Waals surface area (Å²) in [5.74, 6) is 0.0708. The van der Waals surface area contributed by atoms with E-state index in [0.717, 1.165) is 22.3 Å². The molecular formula is C27H27F3N2O3. The molecule has 0 fully saturated rings. The van der Waals surface area contributed by atoms with Gasteiger partial charge in [-0.3, -0.25) is 4.79 Å². The molecule has 0 saturated carbocycles. The molecule has 2 aromatic carbocycles. The number of nitriles is 1. The summed E-state index contributed by atoms with van der Waals surface area (Å²) in [6, 6.07) is 14.7. The Hall–Kier alpha value is -3.31. The number of fused-ring (bicyclic) bond motifs is 2. The quantitative estimate of drug-likeness (QED) is 0.547. The van der Waals surface area contributed by atoms with Crippen LogP contribution in [-0.2, 0) is 22.4 Å². The molecule has 2 aliphatic rings. The highest BCUT2D eigenvalue weighted by molar-refractivity contribution is 6.07. The smallest absolute Gasteiger partial charge is 0.389 e. The molecule has 2 aromatic rings. The van der Waals surface area contributed by atoms with E-state index in [1.165, 1.54) is 0 Å². The van der Waals surface area contributed by atoms with Crippen molar-refractivity contribution in [3.63, 3.8) is 0 Å². The van der Waals surface area contributed by atoms with Gasteiger partial charge in [0.2, 0.25) is 0 Å². The first-order chi connectivity index (χ1) is 16.4. The van der Waals surface area contributed by atoms with Gasteiger partial charge >= 0.3 is 6.18 Å². The number of ether oxygens (including phenoxy) is 1. The Kier molecular flexibility index (Phi) is 6.41. The van der Waals surface area contributed by atoms with Crippen LogP contribution >= 0.6 is 0 Å². The normalized spacial score (nSPS) is 20.0.